The lowest BCUT2D eigenvalue weighted by molar-refractivity contribution is 0.0693. The van der Waals surface area contributed by atoms with Crippen molar-refractivity contribution in [1.82, 2.24) is 5.32 Å². The minimum atomic E-state index is -0.360. The third-order valence-corrected chi connectivity index (χ3v) is 6.60. The molecule has 188 valence electrons. The Hall–Kier alpha value is -3.38. The summed E-state index contributed by atoms with van der Waals surface area (Å²) in [6.07, 6.45) is 0.747. The van der Waals surface area contributed by atoms with E-state index < -0.39 is 0 Å². The largest absolute Gasteiger partial charge is 0.497 e. The molecule has 0 aliphatic carbocycles. The quantitative estimate of drug-likeness (QED) is 0.295. The van der Waals surface area contributed by atoms with E-state index in [1.165, 1.54) is 5.56 Å². The Morgan fingerprint density at radius 3 is 2.42 bits per heavy atom. The van der Waals surface area contributed by atoms with Crippen molar-refractivity contribution in [2.75, 3.05) is 12.4 Å². The van der Waals surface area contributed by atoms with E-state index >= 15 is 0 Å². The van der Waals surface area contributed by atoms with E-state index in [-0.39, 0.29) is 22.8 Å². The highest BCUT2D eigenvalue weighted by Crippen LogP contribution is 2.41. The first kappa shape index (κ1) is 25.7. The van der Waals surface area contributed by atoms with Crippen LogP contribution in [0, 0.1) is 0 Å². The van der Waals surface area contributed by atoms with Crippen molar-refractivity contribution in [2.45, 2.75) is 58.1 Å². The number of methoxy groups -OCH3 is 1. The Morgan fingerprint density at radius 2 is 1.75 bits per heavy atom. The summed E-state index contributed by atoms with van der Waals surface area (Å²) in [5.41, 5.74) is 3.94. The van der Waals surface area contributed by atoms with Crippen LogP contribution in [-0.4, -0.2) is 23.6 Å². The first-order chi connectivity index (χ1) is 16.9. The number of rotatable bonds is 5. The van der Waals surface area contributed by atoms with Gasteiger partial charge in [0, 0.05) is 34.9 Å². The minimum absolute atomic E-state index is 0.0213. The summed E-state index contributed by atoms with van der Waals surface area (Å²) < 4.78 is 11.5. The zero-order valence-corrected chi connectivity index (χ0v) is 22.6. The number of ether oxygens (including phenoxy) is 2. The molecule has 0 bridgehead atoms. The Kier molecular flexibility index (Phi) is 7.10. The Bertz CT molecular complexity index is 1280. The molecular formula is C30H34N2O3S. The summed E-state index contributed by atoms with van der Waals surface area (Å²) in [5, 5.41) is 7.16. The van der Waals surface area contributed by atoms with E-state index in [1.54, 1.807) is 7.11 Å². The predicted molar refractivity (Wildman–Crippen MR) is 149 cm³/mol. The van der Waals surface area contributed by atoms with Gasteiger partial charge < -0.3 is 20.1 Å². The number of ketones is 1. The van der Waals surface area contributed by atoms with Crippen molar-refractivity contribution in [3.05, 3.63) is 89.0 Å². The molecule has 36 heavy (non-hydrogen) atoms. The molecule has 1 aliphatic heterocycles. The van der Waals surface area contributed by atoms with Gasteiger partial charge in [-0.25, -0.2) is 0 Å². The third-order valence-electron chi connectivity index (χ3n) is 6.38. The minimum Gasteiger partial charge on any atom is -0.497 e. The monoisotopic (exact) mass is 502 g/mol. The average Bonchev–Trinajstić information content (AvgIpc) is 2.82. The fourth-order valence-electron chi connectivity index (χ4n) is 4.44. The number of hydrogen-bond acceptors (Lipinski definition) is 4. The summed E-state index contributed by atoms with van der Waals surface area (Å²) in [5.74, 6) is 1.52. The number of carbonyl (C=O) groups is 1. The normalized spacial score (nSPS) is 16.3. The predicted octanol–water partition coefficient (Wildman–Crippen LogP) is 6.81. The number of carbonyl (C=O) groups excluding carboxylic acids is 1. The maximum atomic E-state index is 13.1. The smallest absolute Gasteiger partial charge is 0.193 e. The fourth-order valence-corrected chi connectivity index (χ4v) is 4.70. The number of anilines is 1. The van der Waals surface area contributed by atoms with Crippen molar-refractivity contribution in [3.8, 4) is 11.5 Å². The van der Waals surface area contributed by atoms with Crippen LogP contribution in [0.4, 0.5) is 5.69 Å². The van der Waals surface area contributed by atoms with Crippen LogP contribution in [0.3, 0.4) is 0 Å². The van der Waals surface area contributed by atoms with Gasteiger partial charge in [0.25, 0.3) is 0 Å². The summed E-state index contributed by atoms with van der Waals surface area (Å²) in [4.78, 5) is 13.1. The fraction of sp³-hybridized carbons (Fsp3) is 0.333. The van der Waals surface area contributed by atoms with Crippen LogP contribution in [0.1, 0.15) is 74.1 Å². The Balaban J connectivity index is 1.47. The van der Waals surface area contributed by atoms with Crippen LogP contribution < -0.4 is 20.1 Å². The molecule has 1 aliphatic rings. The van der Waals surface area contributed by atoms with Crippen LogP contribution in [0.25, 0.3) is 0 Å². The summed E-state index contributed by atoms with van der Waals surface area (Å²) in [7, 11) is 1.64. The number of hydrogen-bond donors (Lipinski definition) is 2. The molecule has 2 N–H and O–H groups in total. The lowest BCUT2D eigenvalue weighted by atomic mass is 9.86. The van der Waals surface area contributed by atoms with E-state index in [9.17, 15) is 4.79 Å². The summed E-state index contributed by atoms with van der Waals surface area (Å²) in [6, 6.07) is 21.1. The first-order valence-electron chi connectivity index (χ1n) is 12.1. The van der Waals surface area contributed by atoms with Crippen molar-refractivity contribution in [1.29, 1.82) is 0 Å². The van der Waals surface area contributed by atoms with Gasteiger partial charge in [-0.3, -0.25) is 4.79 Å². The number of fused-ring (bicyclic) bond motifs is 1. The van der Waals surface area contributed by atoms with Crippen molar-refractivity contribution in [3.63, 3.8) is 0 Å². The second-order valence-electron chi connectivity index (χ2n) is 10.9. The van der Waals surface area contributed by atoms with Gasteiger partial charge in [-0.15, -0.1) is 0 Å². The molecule has 0 amide bonds. The number of benzene rings is 3. The van der Waals surface area contributed by atoms with E-state index in [2.05, 4.69) is 45.3 Å². The van der Waals surface area contributed by atoms with Crippen molar-refractivity contribution in [2.24, 2.45) is 0 Å². The van der Waals surface area contributed by atoms with Gasteiger partial charge in [0.2, 0.25) is 0 Å². The molecule has 4 rings (SSSR count). The summed E-state index contributed by atoms with van der Waals surface area (Å²) in [6.45, 7) is 10.6. The molecule has 0 aromatic heterocycles. The van der Waals surface area contributed by atoms with E-state index in [4.69, 9.17) is 21.7 Å². The number of thiocarbonyl (C=S) groups is 1. The third kappa shape index (κ3) is 5.88. The molecule has 1 heterocycles. The lowest BCUT2D eigenvalue weighted by Crippen LogP contribution is -2.42. The average molecular weight is 503 g/mol. The van der Waals surface area contributed by atoms with Gasteiger partial charge >= 0.3 is 0 Å². The van der Waals surface area contributed by atoms with Crippen molar-refractivity contribution >= 4 is 28.8 Å². The molecule has 0 saturated heterocycles. The molecule has 3 aromatic carbocycles. The van der Waals surface area contributed by atoms with Crippen molar-refractivity contribution < 1.29 is 14.3 Å². The van der Waals surface area contributed by atoms with Gasteiger partial charge in [-0.2, -0.15) is 0 Å². The van der Waals surface area contributed by atoms with Crippen LogP contribution in [0.5, 0.6) is 11.5 Å². The molecule has 3 aromatic rings. The van der Waals surface area contributed by atoms with Crippen LogP contribution in [-0.2, 0) is 5.41 Å². The van der Waals surface area contributed by atoms with E-state index in [0.717, 1.165) is 29.2 Å². The maximum absolute atomic E-state index is 13.1. The van der Waals surface area contributed by atoms with Gasteiger partial charge in [0.05, 0.1) is 13.2 Å². The highest BCUT2D eigenvalue weighted by atomic mass is 32.1. The molecule has 0 radical (unpaired) electrons. The van der Waals surface area contributed by atoms with Gasteiger partial charge in [-0.1, -0.05) is 57.2 Å². The van der Waals surface area contributed by atoms with Crippen LogP contribution >= 0.6 is 12.2 Å². The molecule has 1 atom stereocenters. The first-order valence-corrected chi connectivity index (χ1v) is 12.6. The molecule has 0 spiro atoms. The zero-order valence-electron chi connectivity index (χ0n) is 21.8. The zero-order chi connectivity index (χ0) is 26.1. The van der Waals surface area contributed by atoms with Crippen LogP contribution in [0.2, 0.25) is 0 Å². The molecule has 5 nitrogen and oxygen atoms in total. The highest BCUT2D eigenvalue weighted by molar-refractivity contribution is 7.80. The van der Waals surface area contributed by atoms with E-state index in [1.807, 2.05) is 66.7 Å². The second kappa shape index (κ2) is 9.94. The van der Waals surface area contributed by atoms with E-state index in [0.29, 0.717) is 16.2 Å². The molecule has 6 heteroatoms. The Labute approximate surface area is 219 Å². The molecular weight excluding hydrogens is 468 g/mol. The Morgan fingerprint density at radius 1 is 1.03 bits per heavy atom. The van der Waals surface area contributed by atoms with Gasteiger partial charge in [0.1, 0.15) is 17.1 Å². The van der Waals surface area contributed by atoms with Crippen LogP contribution in [0.15, 0.2) is 66.7 Å². The lowest BCUT2D eigenvalue weighted by Gasteiger charge is -2.38. The maximum Gasteiger partial charge on any atom is 0.193 e. The van der Waals surface area contributed by atoms with Gasteiger partial charge in [-0.05, 0) is 61.3 Å². The molecule has 0 saturated carbocycles. The van der Waals surface area contributed by atoms with Gasteiger partial charge in [0.15, 0.2) is 10.9 Å². The molecule has 1 unspecified atom stereocenters. The highest BCUT2D eigenvalue weighted by Gasteiger charge is 2.34. The second-order valence-corrected chi connectivity index (χ2v) is 11.3. The SMILES string of the molecule is COc1ccc2c(c1)OC(C)(C)CC2NC(=S)Nc1cccc(C(=O)c2ccc(C(C)(C)C)cc2)c1. The topological polar surface area (TPSA) is 59.6 Å². The molecule has 0 fully saturated rings. The number of nitrogens with one attached hydrogen (secondary N) is 2. The standard InChI is InChI=1S/C30H34N2O3S/c1-29(2,3)21-12-10-19(11-13-21)27(33)20-8-7-9-22(16-20)31-28(36)32-25-18-30(4,5)35-26-17-23(34-6)14-15-24(25)26/h7-17,25H,18H2,1-6H3,(H2,31,32,36). The summed E-state index contributed by atoms with van der Waals surface area (Å²) >= 11 is 5.65.